The molecular weight excluding hydrogens is 214 g/mol. The van der Waals surface area contributed by atoms with E-state index in [1.807, 2.05) is 0 Å². The molecule has 6 nitrogen and oxygen atoms in total. The lowest BCUT2D eigenvalue weighted by molar-refractivity contribution is -0.140. The van der Waals surface area contributed by atoms with Crippen LogP contribution in [0, 0.1) is 0 Å². The van der Waals surface area contributed by atoms with Crippen LogP contribution >= 0.6 is 0 Å². The molecule has 1 saturated heterocycles. The Labute approximate surface area is 90.5 Å². The van der Waals surface area contributed by atoms with Crippen molar-refractivity contribution < 1.29 is 24.5 Å². The highest BCUT2D eigenvalue weighted by Gasteiger charge is 2.41. The summed E-state index contributed by atoms with van der Waals surface area (Å²) in [4.78, 5) is 21.8. The van der Waals surface area contributed by atoms with E-state index in [1.54, 1.807) is 12.1 Å². The smallest absolute Gasteiger partial charge is 0.408 e. The van der Waals surface area contributed by atoms with E-state index in [1.165, 1.54) is 12.1 Å². The standard InChI is InChI=1S/C10H9NO5/c12-6-4-2-1-3-5(6)8-7(9(13)14)11-10(15)16-8/h1-4,7-8,12H,(H,11,15)(H,13,14). The predicted molar refractivity (Wildman–Crippen MR) is 51.9 cm³/mol. The van der Waals surface area contributed by atoms with Gasteiger partial charge in [-0.15, -0.1) is 0 Å². The molecule has 1 aliphatic rings. The van der Waals surface area contributed by atoms with Crippen LogP contribution in [0.2, 0.25) is 0 Å². The van der Waals surface area contributed by atoms with Crippen LogP contribution in [0.3, 0.4) is 0 Å². The van der Waals surface area contributed by atoms with E-state index < -0.39 is 24.2 Å². The molecule has 84 valence electrons. The summed E-state index contributed by atoms with van der Waals surface area (Å²) in [5.74, 6) is -1.31. The first-order chi connectivity index (χ1) is 7.59. The van der Waals surface area contributed by atoms with Crippen molar-refractivity contribution in [1.82, 2.24) is 5.32 Å². The van der Waals surface area contributed by atoms with Crippen molar-refractivity contribution in [3.05, 3.63) is 29.8 Å². The van der Waals surface area contributed by atoms with Crippen LogP contribution in [-0.2, 0) is 9.53 Å². The minimum absolute atomic E-state index is 0.102. The first-order valence-corrected chi connectivity index (χ1v) is 4.57. The van der Waals surface area contributed by atoms with E-state index in [2.05, 4.69) is 5.32 Å². The number of carboxylic acid groups (broad SMARTS) is 1. The lowest BCUT2D eigenvalue weighted by Crippen LogP contribution is -2.35. The minimum atomic E-state index is -1.21. The number of amides is 1. The quantitative estimate of drug-likeness (QED) is 0.683. The van der Waals surface area contributed by atoms with Crippen molar-refractivity contribution in [2.45, 2.75) is 12.1 Å². The number of cyclic esters (lactones) is 1. The molecule has 1 aromatic carbocycles. The highest BCUT2D eigenvalue weighted by Crippen LogP contribution is 2.32. The van der Waals surface area contributed by atoms with Gasteiger partial charge in [0.25, 0.3) is 0 Å². The number of carbonyl (C=O) groups is 2. The Morgan fingerprint density at radius 1 is 1.38 bits per heavy atom. The largest absolute Gasteiger partial charge is 0.508 e. The molecule has 2 rings (SSSR count). The zero-order valence-electron chi connectivity index (χ0n) is 8.08. The normalized spacial score (nSPS) is 23.6. The third-order valence-corrected chi connectivity index (χ3v) is 2.32. The van der Waals surface area contributed by atoms with Gasteiger partial charge in [-0.1, -0.05) is 18.2 Å². The number of aliphatic carboxylic acids is 1. The molecule has 3 N–H and O–H groups in total. The number of phenols is 1. The number of hydrogen-bond donors (Lipinski definition) is 3. The van der Waals surface area contributed by atoms with E-state index in [9.17, 15) is 14.7 Å². The highest BCUT2D eigenvalue weighted by atomic mass is 16.6. The van der Waals surface area contributed by atoms with Gasteiger partial charge < -0.3 is 20.3 Å². The molecule has 16 heavy (non-hydrogen) atoms. The van der Waals surface area contributed by atoms with Crippen LogP contribution < -0.4 is 5.32 Å². The molecule has 2 atom stereocenters. The average molecular weight is 223 g/mol. The number of phenolic OH excluding ortho intramolecular Hbond substituents is 1. The molecule has 1 fully saturated rings. The fraction of sp³-hybridized carbons (Fsp3) is 0.200. The van der Waals surface area contributed by atoms with Crippen LogP contribution in [0.25, 0.3) is 0 Å². The van der Waals surface area contributed by atoms with Crippen molar-refractivity contribution in [2.24, 2.45) is 0 Å². The molecule has 0 aliphatic carbocycles. The maximum Gasteiger partial charge on any atom is 0.408 e. The third kappa shape index (κ3) is 1.65. The van der Waals surface area contributed by atoms with Gasteiger partial charge in [0.15, 0.2) is 12.1 Å². The summed E-state index contributed by atoms with van der Waals surface area (Å²) in [5, 5.41) is 20.6. The first kappa shape index (κ1) is 10.3. The summed E-state index contributed by atoms with van der Waals surface area (Å²) < 4.78 is 4.81. The molecule has 0 aromatic heterocycles. The van der Waals surface area contributed by atoms with Gasteiger partial charge in [0, 0.05) is 5.56 Å². The van der Waals surface area contributed by atoms with Gasteiger partial charge in [-0.3, -0.25) is 0 Å². The number of para-hydroxylation sites is 1. The summed E-state index contributed by atoms with van der Waals surface area (Å²) in [6.45, 7) is 0. The van der Waals surface area contributed by atoms with Crippen LogP contribution in [0.15, 0.2) is 24.3 Å². The Bertz CT molecular complexity index is 445. The zero-order valence-corrected chi connectivity index (χ0v) is 8.08. The van der Waals surface area contributed by atoms with Crippen molar-refractivity contribution in [3.8, 4) is 5.75 Å². The third-order valence-electron chi connectivity index (χ3n) is 2.32. The van der Waals surface area contributed by atoms with Gasteiger partial charge in [0.05, 0.1) is 0 Å². The zero-order chi connectivity index (χ0) is 11.7. The van der Waals surface area contributed by atoms with Gasteiger partial charge in [-0.2, -0.15) is 0 Å². The molecule has 1 heterocycles. The second-order valence-corrected chi connectivity index (χ2v) is 3.34. The maximum absolute atomic E-state index is 11.0. The van der Waals surface area contributed by atoms with Gasteiger partial charge in [-0.05, 0) is 6.07 Å². The highest BCUT2D eigenvalue weighted by molar-refractivity contribution is 5.84. The summed E-state index contributed by atoms with van der Waals surface area (Å²) in [6.07, 6.45) is -1.81. The SMILES string of the molecule is O=C1NC(C(=O)O)C(c2ccccc2O)O1. The Morgan fingerprint density at radius 2 is 2.06 bits per heavy atom. The van der Waals surface area contributed by atoms with Crippen molar-refractivity contribution in [2.75, 3.05) is 0 Å². The minimum Gasteiger partial charge on any atom is -0.508 e. The summed E-state index contributed by atoms with van der Waals surface area (Å²) in [5.41, 5.74) is 0.272. The molecule has 0 saturated carbocycles. The Hall–Kier alpha value is -2.24. The number of carboxylic acids is 1. The number of alkyl carbamates (subject to hydrolysis) is 1. The molecule has 2 unspecified atom stereocenters. The Morgan fingerprint density at radius 3 is 2.69 bits per heavy atom. The van der Waals surface area contributed by atoms with Crippen LogP contribution in [0.5, 0.6) is 5.75 Å². The molecule has 0 bridgehead atoms. The second-order valence-electron chi connectivity index (χ2n) is 3.34. The second kappa shape index (κ2) is 3.73. The number of aromatic hydroxyl groups is 1. The number of nitrogens with one attached hydrogen (secondary N) is 1. The maximum atomic E-state index is 11.0. The average Bonchev–Trinajstić information content (AvgIpc) is 2.61. The lowest BCUT2D eigenvalue weighted by atomic mass is 10.0. The summed E-state index contributed by atoms with van der Waals surface area (Å²) >= 11 is 0. The number of hydrogen-bond acceptors (Lipinski definition) is 4. The predicted octanol–water partition coefficient (Wildman–Crippen LogP) is 0.626. The van der Waals surface area contributed by atoms with Crippen molar-refractivity contribution in [1.29, 1.82) is 0 Å². The summed E-state index contributed by atoms with van der Waals surface area (Å²) in [6, 6.07) is 4.95. The van der Waals surface area contributed by atoms with Crippen LogP contribution in [0.1, 0.15) is 11.7 Å². The lowest BCUT2D eigenvalue weighted by Gasteiger charge is -2.14. The molecule has 1 amide bonds. The summed E-state index contributed by atoms with van der Waals surface area (Å²) in [7, 11) is 0. The van der Waals surface area contributed by atoms with Gasteiger partial charge in [-0.25, -0.2) is 9.59 Å². The fourth-order valence-corrected chi connectivity index (χ4v) is 1.58. The molecule has 0 radical (unpaired) electrons. The molecule has 1 aromatic rings. The molecule has 0 spiro atoms. The number of ether oxygens (including phenoxy) is 1. The van der Waals surface area contributed by atoms with Gasteiger partial charge in [0.1, 0.15) is 5.75 Å². The van der Waals surface area contributed by atoms with Crippen molar-refractivity contribution >= 4 is 12.1 Å². The monoisotopic (exact) mass is 223 g/mol. The topological polar surface area (TPSA) is 95.9 Å². The number of rotatable bonds is 2. The Balaban J connectivity index is 2.36. The molecule has 6 heteroatoms. The van der Waals surface area contributed by atoms with E-state index in [0.29, 0.717) is 0 Å². The van der Waals surface area contributed by atoms with E-state index >= 15 is 0 Å². The van der Waals surface area contributed by atoms with Gasteiger partial charge in [0.2, 0.25) is 0 Å². The van der Waals surface area contributed by atoms with Crippen LogP contribution in [-0.4, -0.2) is 28.3 Å². The van der Waals surface area contributed by atoms with E-state index in [4.69, 9.17) is 9.84 Å². The number of benzene rings is 1. The van der Waals surface area contributed by atoms with Crippen molar-refractivity contribution in [3.63, 3.8) is 0 Å². The number of carbonyl (C=O) groups excluding carboxylic acids is 1. The molecular formula is C10H9NO5. The molecule has 1 aliphatic heterocycles. The van der Waals surface area contributed by atoms with Crippen LogP contribution in [0.4, 0.5) is 4.79 Å². The van der Waals surface area contributed by atoms with E-state index in [-0.39, 0.29) is 11.3 Å². The first-order valence-electron chi connectivity index (χ1n) is 4.57. The van der Waals surface area contributed by atoms with Gasteiger partial charge >= 0.3 is 12.1 Å². The fourth-order valence-electron chi connectivity index (χ4n) is 1.58. The Kier molecular flexibility index (Phi) is 2.40. The van der Waals surface area contributed by atoms with E-state index in [0.717, 1.165) is 0 Å².